The predicted octanol–water partition coefficient (Wildman–Crippen LogP) is 4.22. The van der Waals surface area contributed by atoms with Gasteiger partial charge in [0.2, 0.25) is 0 Å². The molecule has 1 fully saturated rings. The van der Waals surface area contributed by atoms with Crippen LogP contribution in [0.4, 0.5) is 4.39 Å². The molecule has 1 heterocycles. The summed E-state index contributed by atoms with van der Waals surface area (Å²) in [7, 11) is 0. The van der Waals surface area contributed by atoms with Gasteiger partial charge in [0, 0.05) is 41.8 Å². The van der Waals surface area contributed by atoms with E-state index in [0.717, 1.165) is 25.9 Å². The van der Waals surface area contributed by atoms with Gasteiger partial charge in [-0.2, -0.15) is 0 Å². The van der Waals surface area contributed by atoms with Gasteiger partial charge in [0.25, 0.3) is 0 Å². The average molecular weight is 313 g/mol. The number of hydrogen-bond acceptors (Lipinski definition) is 2. The van der Waals surface area contributed by atoms with Gasteiger partial charge in [-0.05, 0) is 38.0 Å². The van der Waals surface area contributed by atoms with E-state index in [9.17, 15) is 4.39 Å². The number of nitrogens with zero attached hydrogens (tertiary/aromatic N) is 1. The molecule has 1 aliphatic heterocycles. The van der Waals surface area contributed by atoms with Gasteiger partial charge in [0.05, 0.1) is 0 Å². The maximum absolute atomic E-state index is 14.0. The van der Waals surface area contributed by atoms with Gasteiger partial charge in [-0.1, -0.05) is 31.9 Å². The third-order valence-corrected chi connectivity index (χ3v) is 4.98. The molecular formula is C17H26ClFN2. The van der Waals surface area contributed by atoms with Crippen LogP contribution in [0.1, 0.15) is 45.6 Å². The first-order chi connectivity index (χ1) is 9.98. The first-order valence-electron chi connectivity index (χ1n) is 7.91. The van der Waals surface area contributed by atoms with Crippen LogP contribution in [0.15, 0.2) is 18.2 Å². The van der Waals surface area contributed by atoms with Crippen LogP contribution in [0.5, 0.6) is 0 Å². The van der Waals surface area contributed by atoms with E-state index < -0.39 is 0 Å². The lowest BCUT2D eigenvalue weighted by Gasteiger charge is -2.48. The maximum atomic E-state index is 14.0. The largest absolute Gasteiger partial charge is 0.311 e. The van der Waals surface area contributed by atoms with E-state index in [4.69, 9.17) is 11.6 Å². The minimum absolute atomic E-state index is 0.0685. The third kappa shape index (κ3) is 3.97. The van der Waals surface area contributed by atoms with Crippen molar-refractivity contribution in [3.63, 3.8) is 0 Å². The van der Waals surface area contributed by atoms with Gasteiger partial charge in [-0.25, -0.2) is 4.39 Å². The Morgan fingerprint density at radius 3 is 2.86 bits per heavy atom. The third-order valence-electron chi connectivity index (χ3n) is 4.74. The van der Waals surface area contributed by atoms with Crippen LogP contribution in [0.3, 0.4) is 0 Å². The molecule has 1 aliphatic rings. The molecule has 0 saturated carbocycles. The first kappa shape index (κ1) is 16.7. The van der Waals surface area contributed by atoms with Crippen LogP contribution in [-0.2, 0) is 6.54 Å². The molecule has 0 bridgehead atoms. The van der Waals surface area contributed by atoms with E-state index in [1.807, 2.05) is 0 Å². The van der Waals surface area contributed by atoms with Crippen LogP contribution in [0.25, 0.3) is 0 Å². The molecule has 0 amide bonds. The molecule has 0 radical (unpaired) electrons. The van der Waals surface area contributed by atoms with E-state index in [1.165, 1.54) is 12.5 Å². The fourth-order valence-electron chi connectivity index (χ4n) is 3.04. The van der Waals surface area contributed by atoms with Crippen LogP contribution >= 0.6 is 11.6 Å². The number of halogens is 2. The van der Waals surface area contributed by atoms with Crippen molar-refractivity contribution >= 4 is 11.6 Å². The molecule has 21 heavy (non-hydrogen) atoms. The number of benzene rings is 1. The zero-order chi connectivity index (χ0) is 15.5. The van der Waals surface area contributed by atoms with Crippen LogP contribution in [0.2, 0.25) is 5.02 Å². The summed E-state index contributed by atoms with van der Waals surface area (Å²) in [6, 6.07) is 5.32. The highest BCUT2D eigenvalue weighted by Crippen LogP contribution is 2.27. The standard InChI is InChI=1S/C17H26ClFN2/c1-4-6-15-11-21(17(3,5-2)12-20-15)10-13-9-14(18)7-8-16(13)19/h7-9,15,20H,4-6,10-12H2,1-3H3. The maximum Gasteiger partial charge on any atom is 0.127 e. The van der Waals surface area contributed by atoms with Gasteiger partial charge in [-0.15, -0.1) is 0 Å². The van der Waals surface area contributed by atoms with Crippen molar-refractivity contribution in [3.8, 4) is 0 Å². The highest BCUT2D eigenvalue weighted by molar-refractivity contribution is 6.30. The summed E-state index contributed by atoms with van der Waals surface area (Å²) < 4.78 is 14.0. The molecule has 4 heteroatoms. The van der Waals surface area contributed by atoms with Crippen molar-refractivity contribution < 1.29 is 4.39 Å². The topological polar surface area (TPSA) is 15.3 Å². The monoisotopic (exact) mass is 312 g/mol. The molecule has 2 rings (SSSR count). The van der Waals surface area contributed by atoms with E-state index in [-0.39, 0.29) is 11.4 Å². The Labute approximate surface area is 132 Å². The Morgan fingerprint density at radius 1 is 1.43 bits per heavy atom. The van der Waals surface area contributed by atoms with E-state index in [2.05, 4.69) is 31.0 Å². The number of rotatable bonds is 5. The Bertz CT molecular complexity index is 480. The zero-order valence-corrected chi connectivity index (χ0v) is 14.0. The quantitative estimate of drug-likeness (QED) is 0.875. The second-order valence-electron chi connectivity index (χ2n) is 6.33. The minimum atomic E-state index is -0.163. The molecule has 2 nitrogen and oxygen atoms in total. The Balaban J connectivity index is 2.18. The first-order valence-corrected chi connectivity index (χ1v) is 8.28. The molecule has 1 aromatic rings. The summed E-state index contributed by atoms with van der Waals surface area (Å²) in [6.07, 6.45) is 3.37. The van der Waals surface area contributed by atoms with Crippen molar-refractivity contribution in [2.24, 2.45) is 0 Å². The number of nitrogens with one attached hydrogen (secondary N) is 1. The van der Waals surface area contributed by atoms with E-state index >= 15 is 0 Å². The van der Waals surface area contributed by atoms with Crippen molar-refractivity contribution in [1.82, 2.24) is 10.2 Å². The lowest BCUT2D eigenvalue weighted by molar-refractivity contribution is 0.0388. The van der Waals surface area contributed by atoms with E-state index in [0.29, 0.717) is 23.2 Å². The molecular weight excluding hydrogens is 287 g/mol. The van der Waals surface area contributed by atoms with Crippen molar-refractivity contribution in [1.29, 1.82) is 0 Å². The van der Waals surface area contributed by atoms with Gasteiger partial charge in [0.1, 0.15) is 5.82 Å². The molecule has 0 aromatic heterocycles. The zero-order valence-electron chi connectivity index (χ0n) is 13.3. The second-order valence-corrected chi connectivity index (χ2v) is 6.77. The summed E-state index contributed by atoms with van der Waals surface area (Å²) in [5, 5.41) is 4.24. The molecule has 2 unspecified atom stereocenters. The number of piperazine rings is 1. The van der Waals surface area contributed by atoms with Gasteiger partial charge < -0.3 is 5.32 Å². The fourth-order valence-corrected chi connectivity index (χ4v) is 3.24. The van der Waals surface area contributed by atoms with Crippen molar-refractivity contribution in [2.75, 3.05) is 13.1 Å². The predicted molar refractivity (Wildman–Crippen MR) is 87.2 cm³/mol. The summed E-state index contributed by atoms with van der Waals surface area (Å²) in [6.45, 7) is 9.20. The van der Waals surface area contributed by atoms with Crippen LogP contribution < -0.4 is 5.32 Å². The van der Waals surface area contributed by atoms with Crippen molar-refractivity contribution in [3.05, 3.63) is 34.6 Å². The highest BCUT2D eigenvalue weighted by atomic mass is 35.5. The number of hydrogen-bond donors (Lipinski definition) is 1. The molecule has 1 N–H and O–H groups in total. The Hall–Kier alpha value is -0.640. The van der Waals surface area contributed by atoms with E-state index in [1.54, 1.807) is 12.1 Å². The second kappa shape index (κ2) is 7.08. The lowest BCUT2D eigenvalue weighted by Crippen LogP contribution is -2.62. The molecule has 2 atom stereocenters. The summed E-state index contributed by atoms with van der Waals surface area (Å²) in [5.74, 6) is -0.163. The molecule has 0 aliphatic carbocycles. The lowest BCUT2D eigenvalue weighted by atomic mass is 9.90. The van der Waals surface area contributed by atoms with Gasteiger partial charge >= 0.3 is 0 Å². The van der Waals surface area contributed by atoms with Gasteiger partial charge in [-0.3, -0.25) is 4.90 Å². The fraction of sp³-hybridized carbons (Fsp3) is 0.647. The summed E-state index contributed by atoms with van der Waals surface area (Å²) in [4.78, 5) is 2.42. The Kier molecular flexibility index (Phi) is 5.64. The van der Waals surface area contributed by atoms with Crippen molar-refractivity contribution in [2.45, 2.75) is 58.2 Å². The molecule has 1 aromatic carbocycles. The average Bonchev–Trinajstić information content (AvgIpc) is 2.47. The summed E-state index contributed by atoms with van der Waals surface area (Å²) >= 11 is 6.02. The molecule has 1 saturated heterocycles. The molecule has 0 spiro atoms. The smallest absolute Gasteiger partial charge is 0.127 e. The van der Waals surface area contributed by atoms with Crippen LogP contribution in [0, 0.1) is 5.82 Å². The Morgan fingerprint density at radius 2 is 2.19 bits per heavy atom. The molecule has 118 valence electrons. The minimum Gasteiger partial charge on any atom is -0.311 e. The highest BCUT2D eigenvalue weighted by Gasteiger charge is 2.36. The van der Waals surface area contributed by atoms with Gasteiger partial charge in [0.15, 0.2) is 0 Å². The SMILES string of the molecule is CCCC1CN(Cc2cc(Cl)ccc2F)C(C)(CC)CN1. The normalized spacial score (nSPS) is 27.0. The van der Waals surface area contributed by atoms with Crippen LogP contribution in [-0.4, -0.2) is 29.6 Å². The summed E-state index contributed by atoms with van der Waals surface area (Å²) in [5.41, 5.74) is 0.762.